The van der Waals surface area contributed by atoms with E-state index in [0.717, 1.165) is 41.4 Å². The van der Waals surface area contributed by atoms with Gasteiger partial charge in [0.05, 0.1) is 36.9 Å². The first-order valence-electron chi connectivity index (χ1n) is 14.4. The topological polar surface area (TPSA) is 79.7 Å². The van der Waals surface area contributed by atoms with Gasteiger partial charge in [-0.25, -0.2) is 9.78 Å². The third kappa shape index (κ3) is 5.67. The number of aromatic nitrogens is 2. The number of nitrogens with zero attached hydrogens (tertiary/aromatic N) is 2. The molecule has 0 aliphatic carbocycles. The zero-order chi connectivity index (χ0) is 30.3. The molecular formula is C34H37BN2O5. The number of rotatable bonds is 8. The van der Waals surface area contributed by atoms with Crippen molar-refractivity contribution in [2.45, 2.75) is 79.0 Å². The molecule has 2 radical (unpaired) electrons. The molecule has 0 spiro atoms. The molecule has 4 heterocycles. The summed E-state index contributed by atoms with van der Waals surface area (Å²) >= 11 is 0. The van der Waals surface area contributed by atoms with Gasteiger partial charge in [0, 0.05) is 16.5 Å². The Labute approximate surface area is 248 Å². The Morgan fingerprint density at radius 2 is 1.98 bits per heavy atom. The van der Waals surface area contributed by atoms with Gasteiger partial charge in [0.15, 0.2) is 6.10 Å². The van der Waals surface area contributed by atoms with Gasteiger partial charge in [-0.1, -0.05) is 65.4 Å². The number of carbonyl (C=O) groups is 1. The SMILES string of the molecule is [B]CCC(=C)OC(=O)OC1C(=C)OCc2c1cc1n(c2=O)Cc2c-1nc1ccc(CC(=C)CC(C)(C)C)cc1c2CC. The van der Waals surface area contributed by atoms with E-state index in [1.54, 1.807) is 4.57 Å². The number of ether oxygens (including phenoxy) is 3. The Bertz CT molecular complexity index is 1690. The van der Waals surface area contributed by atoms with Gasteiger partial charge in [-0.05, 0) is 60.4 Å². The van der Waals surface area contributed by atoms with Crippen LogP contribution in [0.15, 0.2) is 65.9 Å². The molecule has 2 aromatic heterocycles. The van der Waals surface area contributed by atoms with Gasteiger partial charge in [0.25, 0.3) is 5.56 Å². The molecule has 0 N–H and O–H groups in total. The summed E-state index contributed by atoms with van der Waals surface area (Å²) in [5.74, 6) is 0.408. The van der Waals surface area contributed by atoms with E-state index >= 15 is 0 Å². The molecule has 42 heavy (non-hydrogen) atoms. The number of hydrogen-bond donors (Lipinski definition) is 0. The first kappa shape index (κ1) is 29.4. The zero-order valence-electron chi connectivity index (χ0n) is 25.0. The molecule has 0 saturated carbocycles. The highest BCUT2D eigenvalue weighted by Crippen LogP contribution is 2.40. The van der Waals surface area contributed by atoms with Crippen molar-refractivity contribution in [2.75, 3.05) is 0 Å². The highest BCUT2D eigenvalue weighted by molar-refractivity contribution is 6.08. The Balaban J connectivity index is 1.54. The van der Waals surface area contributed by atoms with Crippen molar-refractivity contribution in [1.82, 2.24) is 9.55 Å². The minimum Gasteiger partial charge on any atom is -0.489 e. The van der Waals surface area contributed by atoms with Gasteiger partial charge in [-0.3, -0.25) is 4.79 Å². The molecule has 0 amide bonds. The molecule has 7 nitrogen and oxygen atoms in total. The number of fused-ring (bicyclic) bond motifs is 5. The number of aryl methyl sites for hydroxylation is 1. The van der Waals surface area contributed by atoms with E-state index in [0.29, 0.717) is 29.8 Å². The summed E-state index contributed by atoms with van der Waals surface area (Å²) in [5, 5.41) is 1.10. The van der Waals surface area contributed by atoms with Crippen LogP contribution in [0.3, 0.4) is 0 Å². The predicted molar refractivity (Wildman–Crippen MR) is 165 cm³/mol. The summed E-state index contributed by atoms with van der Waals surface area (Å²) in [4.78, 5) is 31.3. The van der Waals surface area contributed by atoms with Gasteiger partial charge < -0.3 is 18.8 Å². The molecule has 0 saturated heterocycles. The van der Waals surface area contributed by atoms with E-state index in [1.807, 2.05) is 6.07 Å². The van der Waals surface area contributed by atoms with Crippen LogP contribution < -0.4 is 5.56 Å². The van der Waals surface area contributed by atoms with Crippen molar-refractivity contribution in [3.8, 4) is 11.4 Å². The molecule has 3 aromatic rings. The second kappa shape index (κ2) is 11.3. The predicted octanol–water partition coefficient (Wildman–Crippen LogP) is 7.25. The van der Waals surface area contributed by atoms with Crippen molar-refractivity contribution in [3.05, 3.63) is 99.3 Å². The van der Waals surface area contributed by atoms with Gasteiger partial charge in [-0.15, -0.1) is 0 Å². The zero-order valence-corrected chi connectivity index (χ0v) is 25.0. The second-order valence-electron chi connectivity index (χ2n) is 12.3. The summed E-state index contributed by atoms with van der Waals surface area (Å²) in [6.45, 7) is 21.2. The molecule has 2 aliphatic heterocycles. The smallest absolute Gasteiger partial charge is 0.489 e. The largest absolute Gasteiger partial charge is 0.514 e. The molecule has 216 valence electrons. The molecule has 1 aromatic carbocycles. The lowest BCUT2D eigenvalue weighted by Gasteiger charge is -2.28. The standard InChI is InChI=1S/C34H37BN2O5/c1-8-23-24-14-22(13-19(2)16-34(5,6)7)9-10-28(24)36-30-26(23)17-37-29(30)15-25-27(32(37)38)18-40-21(4)31(25)42-33(39)41-20(3)11-12-35/h9-10,14-15,31H,2-4,8,11-13,16-18H2,1,5-7H3. The normalized spacial score (nSPS) is 15.4. The first-order valence-corrected chi connectivity index (χ1v) is 14.4. The van der Waals surface area contributed by atoms with E-state index in [1.165, 1.54) is 16.7 Å². The Kier molecular flexibility index (Phi) is 7.93. The Morgan fingerprint density at radius 1 is 1.21 bits per heavy atom. The molecule has 1 unspecified atom stereocenters. The van der Waals surface area contributed by atoms with Crippen LogP contribution in [0.4, 0.5) is 4.79 Å². The maximum atomic E-state index is 13.8. The van der Waals surface area contributed by atoms with Crippen LogP contribution in [0.25, 0.3) is 22.3 Å². The number of allylic oxidation sites excluding steroid dienone is 2. The van der Waals surface area contributed by atoms with E-state index in [4.69, 9.17) is 27.0 Å². The van der Waals surface area contributed by atoms with E-state index in [9.17, 15) is 9.59 Å². The van der Waals surface area contributed by atoms with Crippen LogP contribution >= 0.6 is 0 Å². The summed E-state index contributed by atoms with van der Waals surface area (Å²) in [6, 6.07) is 8.25. The number of benzene rings is 1. The molecule has 8 heteroatoms. The molecule has 0 bridgehead atoms. The van der Waals surface area contributed by atoms with Crippen LogP contribution in [-0.2, 0) is 40.2 Å². The van der Waals surface area contributed by atoms with Crippen molar-refractivity contribution in [1.29, 1.82) is 0 Å². The van der Waals surface area contributed by atoms with Crippen molar-refractivity contribution < 1.29 is 19.0 Å². The van der Waals surface area contributed by atoms with Crippen LogP contribution in [0, 0.1) is 5.41 Å². The quantitative estimate of drug-likeness (QED) is 0.0971. The number of carbonyl (C=O) groups excluding carboxylic acids is 1. The van der Waals surface area contributed by atoms with Crippen LogP contribution in [-0.4, -0.2) is 23.6 Å². The minimum atomic E-state index is -1.01. The van der Waals surface area contributed by atoms with Gasteiger partial charge in [0.2, 0.25) is 0 Å². The van der Waals surface area contributed by atoms with Gasteiger partial charge in [-0.2, -0.15) is 0 Å². The average Bonchev–Trinajstić information content (AvgIpc) is 3.26. The summed E-state index contributed by atoms with van der Waals surface area (Å²) in [6.07, 6.45) is 1.18. The summed E-state index contributed by atoms with van der Waals surface area (Å²) in [5.41, 5.74) is 7.84. The third-order valence-electron chi connectivity index (χ3n) is 7.69. The Hall–Kier alpha value is -4.07. The fourth-order valence-electron chi connectivity index (χ4n) is 6.00. The molecule has 0 fully saturated rings. The van der Waals surface area contributed by atoms with Crippen molar-refractivity contribution >= 4 is 24.9 Å². The monoisotopic (exact) mass is 564 g/mol. The van der Waals surface area contributed by atoms with Gasteiger partial charge >= 0.3 is 6.16 Å². The van der Waals surface area contributed by atoms with Crippen LogP contribution in [0.2, 0.25) is 6.32 Å². The number of hydrogen-bond acceptors (Lipinski definition) is 6. The highest BCUT2D eigenvalue weighted by Gasteiger charge is 2.35. The highest BCUT2D eigenvalue weighted by atomic mass is 16.7. The van der Waals surface area contributed by atoms with Crippen molar-refractivity contribution in [2.24, 2.45) is 5.41 Å². The lowest BCUT2D eigenvalue weighted by Crippen LogP contribution is -2.31. The molecular weight excluding hydrogens is 527 g/mol. The minimum absolute atomic E-state index is 0.0380. The van der Waals surface area contributed by atoms with Crippen LogP contribution in [0.1, 0.15) is 74.5 Å². The molecule has 2 aliphatic rings. The van der Waals surface area contributed by atoms with Crippen molar-refractivity contribution in [3.63, 3.8) is 0 Å². The summed E-state index contributed by atoms with van der Waals surface area (Å²) < 4.78 is 18.1. The van der Waals surface area contributed by atoms with E-state index < -0.39 is 12.3 Å². The lowest BCUT2D eigenvalue weighted by atomic mass is 9.86. The van der Waals surface area contributed by atoms with Gasteiger partial charge in [0.1, 0.15) is 18.1 Å². The maximum Gasteiger partial charge on any atom is 0.514 e. The summed E-state index contributed by atoms with van der Waals surface area (Å²) in [7, 11) is 5.51. The van der Waals surface area contributed by atoms with E-state index in [-0.39, 0.29) is 35.4 Å². The van der Waals surface area contributed by atoms with E-state index in [2.05, 4.69) is 65.6 Å². The third-order valence-corrected chi connectivity index (χ3v) is 7.69. The first-order chi connectivity index (χ1) is 19.9. The number of pyridine rings is 2. The fourth-order valence-corrected chi connectivity index (χ4v) is 6.00. The Morgan fingerprint density at radius 3 is 2.67 bits per heavy atom. The average molecular weight is 564 g/mol. The van der Waals surface area contributed by atoms with Crippen LogP contribution in [0.5, 0.6) is 0 Å². The maximum absolute atomic E-state index is 13.8. The lowest BCUT2D eigenvalue weighted by molar-refractivity contribution is 0.0138. The fraction of sp³-hybridized carbons (Fsp3) is 0.382. The molecule has 5 rings (SSSR count). The molecule has 1 atom stereocenters. The second-order valence-corrected chi connectivity index (χ2v) is 12.3.